The fourth-order valence-corrected chi connectivity index (χ4v) is 1.47. The number of hydrogen-bond donors (Lipinski definition) is 0. The van der Waals surface area contributed by atoms with Crippen LogP contribution in [0.4, 0.5) is 0 Å². The van der Waals surface area contributed by atoms with Crippen molar-refractivity contribution in [3.05, 3.63) is 46.6 Å². The summed E-state index contributed by atoms with van der Waals surface area (Å²) in [6, 6.07) is 7.47. The predicted molar refractivity (Wildman–Crippen MR) is 64.2 cm³/mol. The van der Waals surface area contributed by atoms with Gasteiger partial charge in [0.1, 0.15) is 0 Å². The Hall–Kier alpha value is -1.32. The van der Waals surface area contributed by atoms with Gasteiger partial charge in [-0.25, -0.2) is 0 Å². The molecular weight excluding hydrogens is 247 g/mol. The zero-order valence-electron chi connectivity index (χ0n) is 8.23. The van der Waals surface area contributed by atoms with E-state index >= 15 is 0 Å². The number of alkyl halides is 1. The second-order valence-electron chi connectivity index (χ2n) is 3.07. The molecule has 16 heavy (non-hydrogen) atoms. The Labute approximate surface area is 103 Å². The molecule has 3 nitrogen and oxygen atoms in total. The lowest BCUT2D eigenvalue weighted by molar-refractivity contribution is 0.405. The van der Waals surface area contributed by atoms with Crippen LogP contribution in [0, 0.1) is 0 Å². The van der Waals surface area contributed by atoms with Crippen LogP contribution in [0.15, 0.2) is 28.8 Å². The maximum atomic E-state index is 5.85. The first-order valence-electron chi connectivity index (χ1n) is 4.60. The Morgan fingerprint density at radius 2 is 2.19 bits per heavy atom. The van der Waals surface area contributed by atoms with E-state index in [0.29, 0.717) is 16.7 Å². The highest BCUT2D eigenvalue weighted by Crippen LogP contribution is 2.13. The van der Waals surface area contributed by atoms with Crippen molar-refractivity contribution < 1.29 is 4.52 Å². The van der Waals surface area contributed by atoms with Crippen LogP contribution in [0.5, 0.6) is 0 Å². The molecule has 0 unspecified atom stereocenters. The van der Waals surface area contributed by atoms with Crippen LogP contribution in [0.2, 0.25) is 5.02 Å². The zero-order valence-corrected chi connectivity index (χ0v) is 9.74. The van der Waals surface area contributed by atoms with Crippen molar-refractivity contribution in [3.8, 4) is 0 Å². The molecule has 0 N–H and O–H groups in total. The van der Waals surface area contributed by atoms with E-state index in [1.54, 1.807) is 6.08 Å². The highest BCUT2D eigenvalue weighted by molar-refractivity contribution is 6.30. The third-order valence-corrected chi connectivity index (χ3v) is 2.34. The summed E-state index contributed by atoms with van der Waals surface area (Å²) in [5.41, 5.74) is 0.970. The Balaban J connectivity index is 2.14. The summed E-state index contributed by atoms with van der Waals surface area (Å²) in [7, 11) is 0. The Kier molecular flexibility index (Phi) is 3.59. The van der Waals surface area contributed by atoms with Gasteiger partial charge in [0.2, 0.25) is 0 Å². The molecule has 0 aliphatic rings. The number of hydrogen-bond acceptors (Lipinski definition) is 3. The molecule has 82 valence electrons. The summed E-state index contributed by atoms with van der Waals surface area (Å²) < 4.78 is 4.94. The van der Waals surface area contributed by atoms with E-state index in [2.05, 4.69) is 10.1 Å². The predicted octanol–water partition coefficient (Wildman–Crippen LogP) is 3.63. The lowest BCUT2D eigenvalue weighted by Crippen LogP contribution is -1.78. The molecule has 2 rings (SSSR count). The molecule has 5 heteroatoms. The molecule has 2 aromatic rings. The molecule has 0 amide bonds. The van der Waals surface area contributed by atoms with E-state index in [9.17, 15) is 0 Å². The number of benzene rings is 1. The fraction of sp³-hybridized carbons (Fsp3) is 0.0909. The summed E-state index contributed by atoms with van der Waals surface area (Å²) in [4.78, 5) is 4.04. The van der Waals surface area contributed by atoms with Crippen LogP contribution in [-0.2, 0) is 5.88 Å². The normalized spacial score (nSPS) is 11.1. The highest BCUT2D eigenvalue weighted by atomic mass is 35.5. The molecule has 1 aromatic carbocycles. The van der Waals surface area contributed by atoms with E-state index in [-0.39, 0.29) is 5.88 Å². The van der Waals surface area contributed by atoms with Crippen LogP contribution < -0.4 is 0 Å². The van der Waals surface area contributed by atoms with Crippen molar-refractivity contribution >= 4 is 35.4 Å². The highest BCUT2D eigenvalue weighted by Gasteiger charge is 2.00. The average Bonchev–Trinajstić information content (AvgIpc) is 2.74. The van der Waals surface area contributed by atoms with Gasteiger partial charge in [0.05, 0.1) is 5.88 Å². The van der Waals surface area contributed by atoms with Crippen molar-refractivity contribution in [3.63, 3.8) is 0 Å². The van der Waals surface area contributed by atoms with Gasteiger partial charge < -0.3 is 4.52 Å². The van der Waals surface area contributed by atoms with Gasteiger partial charge in [-0.3, -0.25) is 0 Å². The van der Waals surface area contributed by atoms with Gasteiger partial charge in [0.15, 0.2) is 5.82 Å². The quantitative estimate of drug-likeness (QED) is 0.786. The fourth-order valence-electron chi connectivity index (χ4n) is 1.17. The van der Waals surface area contributed by atoms with E-state index in [0.717, 1.165) is 5.56 Å². The van der Waals surface area contributed by atoms with E-state index in [1.165, 1.54) is 0 Å². The van der Waals surface area contributed by atoms with Crippen molar-refractivity contribution in [1.82, 2.24) is 10.1 Å². The second-order valence-corrected chi connectivity index (χ2v) is 3.77. The van der Waals surface area contributed by atoms with Crippen LogP contribution in [0.1, 0.15) is 17.3 Å². The van der Waals surface area contributed by atoms with Crippen LogP contribution in [0.3, 0.4) is 0 Å². The summed E-state index contributed by atoms with van der Waals surface area (Å²) in [5.74, 6) is 1.15. The van der Waals surface area contributed by atoms with Crippen molar-refractivity contribution in [2.45, 2.75) is 5.88 Å². The standard InChI is InChI=1S/C11H8Cl2N2O/c12-7-10-14-11(16-15-10)5-4-8-2-1-3-9(13)6-8/h1-6H,7H2/b5-4+. The van der Waals surface area contributed by atoms with E-state index in [1.807, 2.05) is 30.3 Å². The summed E-state index contributed by atoms with van der Waals surface area (Å²) in [6.45, 7) is 0. The van der Waals surface area contributed by atoms with Gasteiger partial charge >= 0.3 is 0 Å². The first-order valence-corrected chi connectivity index (χ1v) is 5.51. The summed E-state index contributed by atoms with van der Waals surface area (Å²) >= 11 is 11.4. The molecule has 0 saturated carbocycles. The maximum Gasteiger partial charge on any atom is 0.250 e. The largest absolute Gasteiger partial charge is 0.335 e. The van der Waals surface area contributed by atoms with Gasteiger partial charge in [0.25, 0.3) is 5.89 Å². The SMILES string of the molecule is ClCc1noc(/C=C/c2cccc(Cl)c2)n1. The van der Waals surface area contributed by atoms with E-state index < -0.39 is 0 Å². The smallest absolute Gasteiger partial charge is 0.250 e. The summed E-state index contributed by atoms with van der Waals surface area (Å²) in [5, 5.41) is 4.36. The Morgan fingerprint density at radius 1 is 1.31 bits per heavy atom. The number of nitrogens with zero attached hydrogens (tertiary/aromatic N) is 2. The molecular formula is C11H8Cl2N2O. The molecule has 0 fully saturated rings. The van der Waals surface area contributed by atoms with Crippen LogP contribution in [-0.4, -0.2) is 10.1 Å². The first kappa shape index (κ1) is 11.2. The van der Waals surface area contributed by atoms with Crippen molar-refractivity contribution in [2.75, 3.05) is 0 Å². The zero-order chi connectivity index (χ0) is 11.4. The molecule has 0 aliphatic carbocycles. The van der Waals surface area contributed by atoms with Crippen LogP contribution in [0.25, 0.3) is 12.2 Å². The average molecular weight is 255 g/mol. The first-order chi connectivity index (χ1) is 7.78. The monoisotopic (exact) mass is 254 g/mol. The molecule has 0 radical (unpaired) electrons. The number of aromatic nitrogens is 2. The third kappa shape index (κ3) is 2.84. The van der Waals surface area contributed by atoms with Gasteiger partial charge in [-0.05, 0) is 23.8 Å². The van der Waals surface area contributed by atoms with Gasteiger partial charge in [-0.2, -0.15) is 4.98 Å². The maximum absolute atomic E-state index is 5.85. The third-order valence-electron chi connectivity index (χ3n) is 1.87. The molecule has 1 aromatic heterocycles. The lowest BCUT2D eigenvalue weighted by Gasteiger charge is -1.92. The lowest BCUT2D eigenvalue weighted by atomic mass is 10.2. The van der Waals surface area contributed by atoms with Gasteiger partial charge in [-0.1, -0.05) is 28.9 Å². The molecule has 0 aliphatic heterocycles. The Morgan fingerprint density at radius 3 is 2.88 bits per heavy atom. The van der Waals surface area contributed by atoms with Crippen molar-refractivity contribution in [2.24, 2.45) is 0 Å². The van der Waals surface area contributed by atoms with E-state index in [4.69, 9.17) is 27.7 Å². The molecule has 0 spiro atoms. The minimum absolute atomic E-state index is 0.245. The minimum atomic E-state index is 0.245. The number of halogens is 2. The van der Waals surface area contributed by atoms with Crippen LogP contribution >= 0.6 is 23.2 Å². The molecule has 0 saturated heterocycles. The van der Waals surface area contributed by atoms with Gasteiger partial charge in [0, 0.05) is 11.1 Å². The molecule has 0 bridgehead atoms. The number of rotatable bonds is 3. The Bertz CT molecular complexity index is 508. The summed E-state index contributed by atoms with van der Waals surface area (Å²) in [6.07, 6.45) is 3.56. The minimum Gasteiger partial charge on any atom is -0.335 e. The topological polar surface area (TPSA) is 38.9 Å². The molecule has 0 atom stereocenters. The molecule has 1 heterocycles. The van der Waals surface area contributed by atoms with Crippen molar-refractivity contribution in [1.29, 1.82) is 0 Å². The van der Waals surface area contributed by atoms with Gasteiger partial charge in [-0.15, -0.1) is 11.6 Å². The second kappa shape index (κ2) is 5.14.